The number of hydrogen-bond donors (Lipinski definition) is 1. The van der Waals surface area contributed by atoms with Crippen LogP contribution >= 0.6 is 0 Å². The number of rotatable bonds is 6. The van der Waals surface area contributed by atoms with E-state index in [1.54, 1.807) is 0 Å². The van der Waals surface area contributed by atoms with Gasteiger partial charge in [0.15, 0.2) is 0 Å². The first kappa shape index (κ1) is 9.59. The molecule has 1 saturated carbocycles. The van der Waals surface area contributed by atoms with Crippen LogP contribution in [-0.4, -0.2) is 19.2 Å². The van der Waals surface area contributed by atoms with Gasteiger partial charge < -0.3 is 10.1 Å². The molecule has 0 unspecified atom stereocenters. The van der Waals surface area contributed by atoms with E-state index in [0.717, 1.165) is 31.5 Å². The number of hydrogen-bond acceptors (Lipinski definition) is 2. The molecule has 1 N–H and O–H groups in total. The molecule has 70 valence electrons. The molecule has 0 aliphatic heterocycles. The maximum absolute atomic E-state index is 5.01. The summed E-state index contributed by atoms with van der Waals surface area (Å²) in [5.41, 5.74) is 0. The largest absolute Gasteiger partial charge is 0.502 e. The first-order valence-electron chi connectivity index (χ1n) is 4.79. The topological polar surface area (TPSA) is 21.3 Å². The molecule has 0 saturated heterocycles. The number of nitrogens with one attached hydrogen (secondary N) is 1. The van der Waals surface area contributed by atoms with Crippen LogP contribution in [0, 0.1) is 5.92 Å². The average molecular weight is 169 g/mol. The zero-order valence-electron chi connectivity index (χ0n) is 7.88. The molecular weight excluding hydrogens is 150 g/mol. The van der Waals surface area contributed by atoms with Crippen LogP contribution in [0.4, 0.5) is 0 Å². The molecule has 1 aliphatic rings. The van der Waals surface area contributed by atoms with Crippen LogP contribution < -0.4 is 5.32 Å². The molecule has 1 aliphatic carbocycles. The summed E-state index contributed by atoms with van der Waals surface area (Å²) in [7, 11) is 0. The van der Waals surface area contributed by atoms with E-state index in [4.69, 9.17) is 4.74 Å². The van der Waals surface area contributed by atoms with Gasteiger partial charge in [0.1, 0.15) is 0 Å². The average Bonchev–Trinajstić information content (AvgIpc) is 2.00. The second-order valence-electron chi connectivity index (χ2n) is 3.62. The lowest BCUT2D eigenvalue weighted by Gasteiger charge is -2.33. The van der Waals surface area contributed by atoms with Gasteiger partial charge in [0.25, 0.3) is 0 Å². The van der Waals surface area contributed by atoms with E-state index in [0.29, 0.717) is 0 Å². The van der Waals surface area contributed by atoms with Gasteiger partial charge in [-0.25, -0.2) is 0 Å². The predicted molar refractivity (Wildman–Crippen MR) is 51.0 cm³/mol. The molecule has 0 amide bonds. The Labute approximate surface area is 75.0 Å². The fourth-order valence-electron chi connectivity index (χ4n) is 1.61. The molecular formula is C10H19NO. The first-order chi connectivity index (χ1) is 5.83. The SMILES string of the molecule is C=COCCCNC1CC(C)C1. The minimum absolute atomic E-state index is 0.781. The Hall–Kier alpha value is -0.500. The summed E-state index contributed by atoms with van der Waals surface area (Å²) in [5.74, 6) is 0.937. The number of ether oxygens (including phenoxy) is 1. The van der Waals surface area contributed by atoms with Gasteiger partial charge >= 0.3 is 0 Å². The van der Waals surface area contributed by atoms with Crippen molar-refractivity contribution < 1.29 is 4.74 Å². The molecule has 0 atom stereocenters. The lowest BCUT2D eigenvalue weighted by Crippen LogP contribution is -2.40. The van der Waals surface area contributed by atoms with Gasteiger partial charge in [-0.15, -0.1) is 0 Å². The van der Waals surface area contributed by atoms with Crippen molar-refractivity contribution in [2.24, 2.45) is 5.92 Å². The van der Waals surface area contributed by atoms with Crippen LogP contribution in [0.25, 0.3) is 0 Å². The molecule has 0 bridgehead atoms. The van der Waals surface area contributed by atoms with Crippen molar-refractivity contribution in [3.8, 4) is 0 Å². The molecule has 1 fully saturated rings. The minimum Gasteiger partial charge on any atom is -0.502 e. The lowest BCUT2D eigenvalue weighted by atomic mass is 9.82. The van der Waals surface area contributed by atoms with Gasteiger partial charge in [0.05, 0.1) is 12.9 Å². The van der Waals surface area contributed by atoms with Crippen molar-refractivity contribution in [1.29, 1.82) is 0 Å². The monoisotopic (exact) mass is 169 g/mol. The summed E-state index contributed by atoms with van der Waals surface area (Å²) in [6, 6.07) is 0.781. The van der Waals surface area contributed by atoms with Gasteiger partial charge in [0, 0.05) is 6.04 Å². The van der Waals surface area contributed by atoms with Crippen LogP contribution in [0.1, 0.15) is 26.2 Å². The highest BCUT2D eigenvalue weighted by Gasteiger charge is 2.23. The summed E-state index contributed by atoms with van der Waals surface area (Å²) in [6.45, 7) is 7.66. The second-order valence-corrected chi connectivity index (χ2v) is 3.62. The Balaban J connectivity index is 1.80. The van der Waals surface area contributed by atoms with Crippen molar-refractivity contribution in [2.75, 3.05) is 13.2 Å². The molecule has 0 heterocycles. The maximum Gasteiger partial charge on any atom is 0.0885 e. The Kier molecular flexibility index (Phi) is 4.15. The molecule has 0 spiro atoms. The van der Waals surface area contributed by atoms with Crippen LogP contribution in [0.15, 0.2) is 12.8 Å². The smallest absolute Gasteiger partial charge is 0.0885 e. The van der Waals surface area contributed by atoms with E-state index >= 15 is 0 Å². The molecule has 0 aromatic heterocycles. The van der Waals surface area contributed by atoms with E-state index in [1.807, 2.05) is 0 Å². The van der Waals surface area contributed by atoms with E-state index in [-0.39, 0.29) is 0 Å². The van der Waals surface area contributed by atoms with Crippen molar-refractivity contribution >= 4 is 0 Å². The van der Waals surface area contributed by atoms with E-state index in [9.17, 15) is 0 Å². The van der Waals surface area contributed by atoms with Gasteiger partial charge in [-0.1, -0.05) is 13.5 Å². The summed E-state index contributed by atoms with van der Waals surface area (Å²) in [5, 5.41) is 3.49. The fraction of sp³-hybridized carbons (Fsp3) is 0.800. The van der Waals surface area contributed by atoms with Crippen molar-refractivity contribution in [3.05, 3.63) is 12.8 Å². The molecule has 0 aromatic rings. The normalized spacial score (nSPS) is 27.8. The third-order valence-corrected chi connectivity index (χ3v) is 2.36. The Bertz CT molecular complexity index is 130. The Morgan fingerprint density at radius 2 is 2.33 bits per heavy atom. The highest BCUT2D eigenvalue weighted by atomic mass is 16.5. The van der Waals surface area contributed by atoms with Gasteiger partial charge in [-0.3, -0.25) is 0 Å². The van der Waals surface area contributed by atoms with Gasteiger partial charge in [-0.2, -0.15) is 0 Å². The second kappa shape index (κ2) is 5.20. The van der Waals surface area contributed by atoms with Gasteiger partial charge in [-0.05, 0) is 31.7 Å². The van der Waals surface area contributed by atoms with Gasteiger partial charge in [0.2, 0.25) is 0 Å². The minimum atomic E-state index is 0.781. The molecule has 0 aromatic carbocycles. The quantitative estimate of drug-likeness (QED) is 0.484. The molecule has 1 rings (SSSR count). The van der Waals surface area contributed by atoms with Crippen LogP contribution in [-0.2, 0) is 4.74 Å². The third kappa shape index (κ3) is 3.26. The van der Waals surface area contributed by atoms with Crippen LogP contribution in [0.5, 0.6) is 0 Å². The third-order valence-electron chi connectivity index (χ3n) is 2.36. The first-order valence-corrected chi connectivity index (χ1v) is 4.79. The summed E-state index contributed by atoms with van der Waals surface area (Å²) >= 11 is 0. The fourth-order valence-corrected chi connectivity index (χ4v) is 1.61. The maximum atomic E-state index is 5.01. The predicted octanol–water partition coefficient (Wildman–Crippen LogP) is 1.92. The van der Waals surface area contributed by atoms with Crippen molar-refractivity contribution in [3.63, 3.8) is 0 Å². The van der Waals surface area contributed by atoms with E-state index < -0.39 is 0 Å². The zero-order chi connectivity index (χ0) is 8.81. The van der Waals surface area contributed by atoms with Crippen LogP contribution in [0.3, 0.4) is 0 Å². The molecule has 0 radical (unpaired) electrons. The highest BCUT2D eigenvalue weighted by molar-refractivity contribution is 4.81. The summed E-state index contributed by atoms with van der Waals surface area (Å²) in [6.07, 6.45) is 5.28. The van der Waals surface area contributed by atoms with E-state index in [1.165, 1.54) is 19.1 Å². The zero-order valence-corrected chi connectivity index (χ0v) is 7.88. The van der Waals surface area contributed by atoms with Crippen LogP contribution in [0.2, 0.25) is 0 Å². The molecule has 12 heavy (non-hydrogen) atoms. The Morgan fingerprint density at radius 3 is 2.92 bits per heavy atom. The van der Waals surface area contributed by atoms with Crippen molar-refractivity contribution in [2.45, 2.75) is 32.2 Å². The summed E-state index contributed by atoms with van der Waals surface area (Å²) in [4.78, 5) is 0. The van der Waals surface area contributed by atoms with E-state index in [2.05, 4.69) is 18.8 Å². The highest BCUT2D eigenvalue weighted by Crippen LogP contribution is 2.25. The van der Waals surface area contributed by atoms with Crippen molar-refractivity contribution in [1.82, 2.24) is 5.32 Å². The standard InChI is InChI=1S/C10H19NO/c1-3-12-6-4-5-11-10-7-9(2)8-10/h3,9-11H,1,4-8H2,2H3. The molecule has 2 nitrogen and oxygen atoms in total. The lowest BCUT2D eigenvalue weighted by molar-refractivity contribution is 0.217. The molecule has 2 heteroatoms. The Morgan fingerprint density at radius 1 is 1.58 bits per heavy atom. The summed E-state index contributed by atoms with van der Waals surface area (Å²) < 4.78 is 5.01.